The van der Waals surface area contributed by atoms with Crippen LogP contribution in [0.25, 0.3) is 0 Å². The van der Waals surface area contributed by atoms with Crippen molar-refractivity contribution in [1.29, 1.82) is 0 Å². The average Bonchev–Trinajstić information content (AvgIpc) is 2.50. The predicted octanol–water partition coefficient (Wildman–Crippen LogP) is 3.95. The molecule has 0 aliphatic heterocycles. The molecule has 0 bridgehead atoms. The second kappa shape index (κ2) is 8.14. The molecule has 0 spiro atoms. The minimum atomic E-state index is -0.896. The molecular formula is C16H20BrNO6. The molecule has 0 heterocycles. The monoisotopic (exact) mass is 401 g/mol. The van der Waals surface area contributed by atoms with Crippen molar-refractivity contribution in [2.45, 2.75) is 31.2 Å². The van der Waals surface area contributed by atoms with Gasteiger partial charge in [-0.15, -0.1) is 0 Å². The maximum atomic E-state index is 12.0. The first-order chi connectivity index (χ1) is 11.1. The third-order valence-electron chi connectivity index (χ3n) is 3.07. The van der Waals surface area contributed by atoms with Crippen molar-refractivity contribution in [3.63, 3.8) is 0 Å². The standard InChI is InChI=1S/C16H20BrNO6/c1-6-7-23-14-9-12(18(20)21)11(8-13(14)22-5)10(2)24-15(19)16(3,4)17/h6,8-10H,1,7H2,2-5H3. The third-order valence-corrected chi connectivity index (χ3v) is 3.40. The maximum Gasteiger partial charge on any atom is 0.322 e. The topological polar surface area (TPSA) is 87.9 Å². The number of nitrogens with zero attached hydrogens (tertiary/aromatic N) is 1. The van der Waals surface area contributed by atoms with Crippen molar-refractivity contribution < 1.29 is 23.9 Å². The number of benzene rings is 1. The van der Waals surface area contributed by atoms with Gasteiger partial charge in [0, 0.05) is 0 Å². The van der Waals surface area contributed by atoms with Gasteiger partial charge in [-0.3, -0.25) is 14.9 Å². The van der Waals surface area contributed by atoms with Crippen LogP contribution >= 0.6 is 15.9 Å². The summed E-state index contributed by atoms with van der Waals surface area (Å²) in [5.41, 5.74) is -0.00422. The Hall–Kier alpha value is -2.09. The van der Waals surface area contributed by atoms with Crippen LogP contribution in [0.3, 0.4) is 0 Å². The van der Waals surface area contributed by atoms with Gasteiger partial charge in [-0.1, -0.05) is 28.6 Å². The van der Waals surface area contributed by atoms with Gasteiger partial charge in [-0.05, 0) is 26.8 Å². The van der Waals surface area contributed by atoms with Crippen molar-refractivity contribution in [3.8, 4) is 11.5 Å². The van der Waals surface area contributed by atoms with Crippen LogP contribution < -0.4 is 9.47 Å². The summed E-state index contributed by atoms with van der Waals surface area (Å²) in [6.45, 7) is 8.52. The molecule has 24 heavy (non-hydrogen) atoms. The van der Waals surface area contributed by atoms with E-state index in [1.165, 1.54) is 25.3 Å². The minimum absolute atomic E-state index is 0.176. The van der Waals surface area contributed by atoms with Crippen LogP contribution in [0, 0.1) is 10.1 Å². The largest absolute Gasteiger partial charge is 0.493 e. The molecule has 1 aromatic carbocycles. The highest BCUT2D eigenvalue weighted by molar-refractivity contribution is 9.10. The van der Waals surface area contributed by atoms with Gasteiger partial charge in [0.1, 0.15) is 17.0 Å². The summed E-state index contributed by atoms with van der Waals surface area (Å²) < 4.78 is 15.0. The molecule has 0 radical (unpaired) electrons. The molecule has 8 heteroatoms. The van der Waals surface area contributed by atoms with E-state index in [1.54, 1.807) is 20.8 Å². The lowest BCUT2D eigenvalue weighted by molar-refractivity contribution is -0.386. The molecule has 0 aliphatic rings. The molecular weight excluding hydrogens is 382 g/mol. The van der Waals surface area contributed by atoms with E-state index in [4.69, 9.17) is 14.2 Å². The number of nitro groups is 1. The number of esters is 1. The number of hydrogen-bond donors (Lipinski definition) is 0. The van der Waals surface area contributed by atoms with E-state index in [2.05, 4.69) is 22.5 Å². The zero-order valence-electron chi connectivity index (χ0n) is 14.0. The van der Waals surface area contributed by atoms with Gasteiger partial charge < -0.3 is 14.2 Å². The summed E-state index contributed by atoms with van der Waals surface area (Å²) in [5.74, 6) is -0.0131. The number of rotatable bonds is 8. The Bertz CT molecular complexity index is 638. The van der Waals surface area contributed by atoms with Gasteiger partial charge >= 0.3 is 5.97 Å². The Morgan fingerprint density at radius 1 is 1.46 bits per heavy atom. The number of halogens is 1. The summed E-state index contributed by atoms with van der Waals surface area (Å²) in [7, 11) is 1.42. The molecule has 0 N–H and O–H groups in total. The van der Waals surface area contributed by atoms with Crippen LogP contribution in [-0.2, 0) is 9.53 Å². The van der Waals surface area contributed by atoms with Gasteiger partial charge in [-0.2, -0.15) is 0 Å². The van der Waals surface area contributed by atoms with Crippen LogP contribution in [0.15, 0.2) is 24.8 Å². The van der Waals surface area contributed by atoms with Gasteiger partial charge in [0.15, 0.2) is 11.5 Å². The second-order valence-electron chi connectivity index (χ2n) is 5.44. The van der Waals surface area contributed by atoms with Crippen LogP contribution in [0.1, 0.15) is 32.4 Å². The molecule has 132 valence electrons. The first-order valence-corrected chi connectivity index (χ1v) is 7.91. The number of methoxy groups -OCH3 is 1. The van der Waals surface area contributed by atoms with Crippen molar-refractivity contribution >= 4 is 27.6 Å². The normalized spacial score (nSPS) is 12.2. The summed E-state index contributed by atoms with van der Waals surface area (Å²) in [6.07, 6.45) is 0.680. The predicted molar refractivity (Wildman–Crippen MR) is 92.9 cm³/mol. The molecule has 0 amide bonds. The van der Waals surface area contributed by atoms with Crippen LogP contribution in [0.2, 0.25) is 0 Å². The summed E-state index contributed by atoms with van der Waals surface area (Å²) in [4.78, 5) is 22.8. The van der Waals surface area contributed by atoms with Gasteiger partial charge in [0.05, 0.1) is 23.7 Å². The van der Waals surface area contributed by atoms with E-state index in [1.807, 2.05) is 0 Å². The lowest BCUT2D eigenvalue weighted by atomic mass is 10.1. The Morgan fingerprint density at radius 3 is 2.54 bits per heavy atom. The number of ether oxygens (including phenoxy) is 3. The zero-order chi connectivity index (χ0) is 18.5. The SMILES string of the molecule is C=CCOc1cc([N+](=O)[O-])c(C(C)OC(=O)C(C)(C)Br)cc1OC. The number of hydrogen-bond acceptors (Lipinski definition) is 6. The Morgan fingerprint density at radius 2 is 2.08 bits per heavy atom. The molecule has 0 aromatic heterocycles. The number of carbonyl (C=O) groups is 1. The smallest absolute Gasteiger partial charge is 0.322 e. The van der Waals surface area contributed by atoms with Crippen molar-refractivity contribution in [3.05, 3.63) is 40.5 Å². The molecule has 1 unspecified atom stereocenters. The van der Waals surface area contributed by atoms with Crippen LogP contribution in [0.5, 0.6) is 11.5 Å². The average molecular weight is 402 g/mol. The fourth-order valence-electron chi connectivity index (χ4n) is 1.83. The van der Waals surface area contributed by atoms with Crippen molar-refractivity contribution in [2.24, 2.45) is 0 Å². The molecule has 0 saturated heterocycles. The van der Waals surface area contributed by atoms with Gasteiger partial charge in [0.25, 0.3) is 5.69 Å². The van der Waals surface area contributed by atoms with Crippen molar-refractivity contribution in [1.82, 2.24) is 0 Å². The summed E-state index contributed by atoms with van der Waals surface area (Å²) in [6, 6.07) is 2.69. The van der Waals surface area contributed by atoms with Gasteiger partial charge in [-0.25, -0.2) is 0 Å². The number of nitro benzene ring substituents is 1. The van der Waals surface area contributed by atoms with E-state index < -0.39 is 21.3 Å². The molecule has 0 fully saturated rings. The first-order valence-electron chi connectivity index (χ1n) is 7.11. The van der Waals surface area contributed by atoms with Crippen LogP contribution in [-0.4, -0.2) is 28.9 Å². The van der Waals surface area contributed by atoms with Gasteiger partial charge in [0.2, 0.25) is 0 Å². The third kappa shape index (κ3) is 4.95. The maximum absolute atomic E-state index is 12.0. The molecule has 1 rings (SSSR count). The number of carbonyl (C=O) groups excluding carboxylic acids is 1. The number of alkyl halides is 1. The lowest BCUT2D eigenvalue weighted by Crippen LogP contribution is -2.27. The fraction of sp³-hybridized carbons (Fsp3) is 0.438. The van der Waals surface area contributed by atoms with E-state index in [9.17, 15) is 14.9 Å². The second-order valence-corrected chi connectivity index (χ2v) is 7.42. The Labute approximate surface area is 148 Å². The van der Waals surface area contributed by atoms with E-state index in [-0.39, 0.29) is 23.6 Å². The van der Waals surface area contributed by atoms with E-state index in [0.717, 1.165) is 0 Å². The summed E-state index contributed by atoms with van der Waals surface area (Å²) >= 11 is 3.20. The molecule has 0 saturated carbocycles. The molecule has 7 nitrogen and oxygen atoms in total. The van der Waals surface area contributed by atoms with Crippen molar-refractivity contribution in [2.75, 3.05) is 13.7 Å². The highest BCUT2D eigenvalue weighted by Crippen LogP contribution is 2.39. The highest BCUT2D eigenvalue weighted by Gasteiger charge is 2.31. The summed E-state index contributed by atoms with van der Waals surface area (Å²) in [5, 5.41) is 11.4. The van der Waals surface area contributed by atoms with Crippen LogP contribution in [0.4, 0.5) is 5.69 Å². The fourth-order valence-corrected chi connectivity index (χ4v) is 1.93. The quantitative estimate of drug-likeness (QED) is 0.215. The molecule has 1 aromatic rings. The van der Waals surface area contributed by atoms with E-state index in [0.29, 0.717) is 5.75 Å². The molecule has 1 atom stereocenters. The minimum Gasteiger partial charge on any atom is -0.493 e. The lowest BCUT2D eigenvalue weighted by Gasteiger charge is -2.20. The van der Waals surface area contributed by atoms with E-state index >= 15 is 0 Å². The first kappa shape index (κ1) is 20.0. The highest BCUT2D eigenvalue weighted by atomic mass is 79.9. The Balaban J connectivity index is 3.27. The molecule has 0 aliphatic carbocycles. The Kier molecular flexibility index (Phi) is 6.77. The zero-order valence-corrected chi connectivity index (χ0v) is 15.6.